The first kappa shape index (κ1) is 20.6. The molecule has 2 aliphatic heterocycles. The summed E-state index contributed by atoms with van der Waals surface area (Å²) >= 11 is 0. The molecule has 0 unspecified atom stereocenters. The molecule has 31 heavy (non-hydrogen) atoms. The number of rotatable bonds is 3. The van der Waals surface area contributed by atoms with Crippen molar-refractivity contribution in [2.24, 2.45) is 23.2 Å². The molecular weight excluding hydrogens is 386 g/mol. The second-order valence-electron chi connectivity index (χ2n) is 10.4. The molecule has 0 spiro atoms. The number of hydrogen-bond donors (Lipinski definition) is 0. The SMILES string of the molecule is C=C1CCC[C@]2(C)C[C@H]3OC(=O)[C@H](CN4CCN(c5ccc(C#N)cc5)CC4)[C@H]3C[C@H]12. The zero-order chi connectivity index (χ0) is 21.6. The van der Waals surface area contributed by atoms with Crippen molar-refractivity contribution in [3.05, 3.63) is 42.0 Å². The number of piperazine rings is 1. The molecule has 2 saturated heterocycles. The Morgan fingerprint density at radius 3 is 2.68 bits per heavy atom. The molecule has 0 radical (unpaired) electrons. The molecule has 0 bridgehead atoms. The Balaban J connectivity index is 1.21. The molecule has 164 valence electrons. The highest BCUT2D eigenvalue weighted by atomic mass is 16.6. The molecule has 4 fully saturated rings. The minimum Gasteiger partial charge on any atom is -0.462 e. The van der Waals surface area contributed by atoms with Gasteiger partial charge in [-0.05, 0) is 67.7 Å². The van der Waals surface area contributed by atoms with Crippen LogP contribution >= 0.6 is 0 Å². The molecule has 4 aliphatic rings. The van der Waals surface area contributed by atoms with Crippen LogP contribution < -0.4 is 4.90 Å². The van der Waals surface area contributed by atoms with E-state index in [0.717, 1.165) is 52.0 Å². The summed E-state index contributed by atoms with van der Waals surface area (Å²) in [6.45, 7) is 11.4. The molecule has 5 atom stereocenters. The maximum absolute atomic E-state index is 12.8. The lowest BCUT2D eigenvalue weighted by Crippen LogP contribution is -2.50. The molecule has 1 aromatic rings. The Bertz CT molecular complexity index is 896. The van der Waals surface area contributed by atoms with Crippen LogP contribution in [-0.2, 0) is 9.53 Å². The van der Waals surface area contributed by atoms with Crippen LogP contribution in [0.25, 0.3) is 0 Å². The van der Waals surface area contributed by atoms with Crippen LogP contribution in [0.2, 0.25) is 0 Å². The number of benzene rings is 1. The number of fused-ring (bicyclic) bond motifs is 2. The van der Waals surface area contributed by atoms with Gasteiger partial charge >= 0.3 is 5.97 Å². The third-order valence-corrected chi connectivity index (χ3v) is 8.51. The number of nitriles is 1. The van der Waals surface area contributed by atoms with Crippen molar-refractivity contribution >= 4 is 11.7 Å². The van der Waals surface area contributed by atoms with Gasteiger partial charge in [-0.1, -0.05) is 19.1 Å². The van der Waals surface area contributed by atoms with E-state index >= 15 is 0 Å². The lowest BCUT2D eigenvalue weighted by Gasteiger charge is -2.50. The minimum absolute atomic E-state index is 0.00531. The maximum Gasteiger partial charge on any atom is 0.310 e. The van der Waals surface area contributed by atoms with E-state index in [4.69, 9.17) is 10.00 Å². The lowest BCUT2D eigenvalue weighted by atomic mass is 9.55. The van der Waals surface area contributed by atoms with Crippen LogP contribution in [0.15, 0.2) is 36.4 Å². The van der Waals surface area contributed by atoms with Crippen molar-refractivity contribution < 1.29 is 9.53 Å². The third kappa shape index (κ3) is 3.76. The van der Waals surface area contributed by atoms with Gasteiger partial charge in [-0.25, -0.2) is 0 Å². The summed E-state index contributed by atoms with van der Waals surface area (Å²) in [6, 6.07) is 10.0. The highest BCUT2D eigenvalue weighted by Gasteiger charge is 2.55. The number of ether oxygens (including phenoxy) is 1. The van der Waals surface area contributed by atoms with E-state index in [9.17, 15) is 4.79 Å². The Morgan fingerprint density at radius 2 is 1.97 bits per heavy atom. The number of carbonyl (C=O) groups excluding carboxylic acids is 1. The van der Waals surface area contributed by atoms with Gasteiger partial charge < -0.3 is 9.64 Å². The van der Waals surface area contributed by atoms with Crippen molar-refractivity contribution in [2.45, 2.75) is 45.1 Å². The molecule has 0 N–H and O–H groups in total. The van der Waals surface area contributed by atoms with Gasteiger partial charge in [0, 0.05) is 44.3 Å². The van der Waals surface area contributed by atoms with Crippen molar-refractivity contribution in [1.29, 1.82) is 5.26 Å². The summed E-state index contributed by atoms with van der Waals surface area (Å²) in [4.78, 5) is 17.7. The third-order valence-electron chi connectivity index (χ3n) is 8.51. The van der Waals surface area contributed by atoms with Gasteiger partial charge in [0.1, 0.15) is 6.10 Å². The fourth-order valence-electron chi connectivity index (χ4n) is 6.68. The van der Waals surface area contributed by atoms with Crippen molar-refractivity contribution in [3.8, 4) is 6.07 Å². The Labute approximate surface area is 185 Å². The number of carbonyl (C=O) groups is 1. The van der Waals surface area contributed by atoms with Crippen molar-refractivity contribution in [1.82, 2.24) is 4.90 Å². The summed E-state index contributed by atoms with van der Waals surface area (Å²) in [6.07, 6.45) is 5.79. The summed E-state index contributed by atoms with van der Waals surface area (Å²) in [5, 5.41) is 8.99. The molecule has 2 aliphatic carbocycles. The van der Waals surface area contributed by atoms with E-state index in [1.54, 1.807) is 0 Å². The molecular formula is C26H33N3O2. The maximum atomic E-state index is 12.8. The van der Waals surface area contributed by atoms with Gasteiger partial charge in [0.05, 0.1) is 17.6 Å². The Kier molecular flexibility index (Phi) is 5.30. The number of esters is 1. The van der Waals surface area contributed by atoms with Gasteiger partial charge in [-0.2, -0.15) is 5.26 Å². The van der Waals surface area contributed by atoms with E-state index in [2.05, 4.69) is 29.4 Å². The van der Waals surface area contributed by atoms with Crippen LogP contribution in [-0.4, -0.2) is 49.7 Å². The number of allylic oxidation sites excluding steroid dienone is 1. The zero-order valence-corrected chi connectivity index (χ0v) is 18.6. The first-order chi connectivity index (χ1) is 15.0. The van der Waals surface area contributed by atoms with E-state index in [1.807, 2.05) is 24.3 Å². The van der Waals surface area contributed by atoms with Crippen LogP contribution in [0.3, 0.4) is 0 Å². The molecule has 5 heteroatoms. The molecule has 5 rings (SSSR count). The summed E-state index contributed by atoms with van der Waals surface area (Å²) in [7, 11) is 0. The summed E-state index contributed by atoms with van der Waals surface area (Å²) < 4.78 is 5.95. The van der Waals surface area contributed by atoms with Gasteiger partial charge in [0.2, 0.25) is 0 Å². The average molecular weight is 420 g/mol. The van der Waals surface area contributed by atoms with Gasteiger partial charge in [0.15, 0.2) is 0 Å². The Morgan fingerprint density at radius 1 is 1.23 bits per heavy atom. The fraction of sp³-hybridized carbons (Fsp3) is 0.615. The van der Waals surface area contributed by atoms with Crippen LogP contribution in [0.1, 0.15) is 44.6 Å². The zero-order valence-electron chi connectivity index (χ0n) is 18.6. The van der Waals surface area contributed by atoms with E-state index < -0.39 is 0 Å². The van der Waals surface area contributed by atoms with E-state index in [1.165, 1.54) is 24.1 Å². The smallest absolute Gasteiger partial charge is 0.310 e. The molecule has 1 aromatic carbocycles. The van der Waals surface area contributed by atoms with Gasteiger partial charge in [-0.3, -0.25) is 9.69 Å². The monoisotopic (exact) mass is 419 g/mol. The standard InChI is InChI=1S/C26H33N3O2/c1-18-4-3-9-26(2)15-24-21(14-23(18)26)22(25(30)31-24)17-28-10-12-29(13-11-28)20-7-5-19(16-27)6-8-20/h5-8,21-24H,1,3-4,9-15,17H2,2H3/t21-,22-,23-,24-,26-/m1/s1. The molecule has 0 amide bonds. The van der Waals surface area contributed by atoms with Crippen LogP contribution in [0.5, 0.6) is 0 Å². The number of nitrogens with zero attached hydrogens (tertiary/aromatic N) is 3. The van der Waals surface area contributed by atoms with E-state index in [-0.39, 0.29) is 23.4 Å². The highest BCUT2D eigenvalue weighted by Crippen LogP contribution is 2.56. The second kappa shape index (κ2) is 7.98. The molecule has 0 aromatic heterocycles. The summed E-state index contributed by atoms with van der Waals surface area (Å²) in [5.74, 6) is 0.924. The van der Waals surface area contributed by atoms with E-state index in [0.29, 0.717) is 17.4 Å². The van der Waals surface area contributed by atoms with Gasteiger partial charge in [0.25, 0.3) is 0 Å². The molecule has 2 heterocycles. The quantitative estimate of drug-likeness (QED) is 0.548. The predicted octanol–water partition coefficient (Wildman–Crippen LogP) is 3.99. The fourth-order valence-corrected chi connectivity index (χ4v) is 6.68. The minimum atomic E-state index is 0.00531. The largest absolute Gasteiger partial charge is 0.462 e. The van der Waals surface area contributed by atoms with Crippen molar-refractivity contribution in [2.75, 3.05) is 37.6 Å². The first-order valence-corrected chi connectivity index (χ1v) is 11.8. The highest BCUT2D eigenvalue weighted by molar-refractivity contribution is 5.75. The normalized spacial score (nSPS) is 35.8. The van der Waals surface area contributed by atoms with Crippen LogP contribution in [0, 0.1) is 34.5 Å². The average Bonchev–Trinajstić information content (AvgIpc) is 3.06. The molecule has 5 nitrogen and oxygen atoms in total. The first-order valence-electron chi connectivity index (χ1n) is 11.8. The predicted molar refractivity (Wildman–Crippen MR) is 120 cm³/mol. The molecule has 2 saturated carbocycles. The topological polar surface area (TPSA) is 56.6 Å². The Hall–Kier alpha value is -2.32. The number of anilines is 1. The number of hydrogen-bond acceptors (Lipinski definition) is 5. The second-order valence-corrected chi connectivity index (χ2v) is 10.4. The summed E-state index contributed by atoms with van der Waals surface area (Å²) in [5.41, 5.74) is 3.53. The van der Waals surface area contributed by atoms with Gasteiger partial charge in [-0.15, -0.1) is 0 Å². The lowest BCUT2D eigenvalue weighted by molar-refractivity contribution is -0.146. The van der Waals surface area contributed by atoms with Crippen LogP contribution in [0.4, 0.5) is 5.69 Å². The van der Waals surface area contributed by atoms with Crippen molar-refractivity contribution in [3.63, 3.8) is 0 Å².